The molecule has 3 nitrogen and oxygen atoms in total. The molecule has 0 aromatic heterocycles. The van der Waals surface area contributed by atoms with Crippen LogP contribution >= 0.6 is 0 Å². The normalized spacial score (nSPS) is 31.8. The Balaban J connectivity index is 2.19. The summed E-state index contributed by atoms with van der Waals surface area (Å²) < 4.78 is 10.8. The fourth-order valence-corrected chi connectivity index (χ4v) is 2.24. The molecule has 2 N–H and O–H groups in total. The minimum atomic E-state index is 0.246. The molecule has 0 aromatic carbocycles. The Labute approximate surface area is 93.3 Å². The van der Waals surface area contributed by atoms with Crippen molar-refractivity contribution in [3.8, 4) is 0 Å². The van der Waals surface area contributed by atoms with Gasteiger partial charge in [-0.3, -0.25) is 0 Å². The van der Waals surface area contributed by atoms with Crippen LogP contribution in [-0.4, -0.2) is 32.5 Å². The van der Waals surface area contributed by atoms with Gasteiger partial charge in [0.05, 0.1) is 6.10 Å². The van der Waals surface area contributed by atoms with Crippen molar-refractivity contribution >= 4 is 0 Å². The third-order valence-corrected chi connectivity index (χ3v) is 3.35. The van der Waals surface area contributed by atoms with Crippen molar-refractivity contribution in [3.63, 3.8) is 0 Å². The second-order valence-corrected chi connectivity index (χ2v) is 4.51. The highest BCUT2D eigenvalue weighted by atomic mass is 16.5. The van der Waals surface area contributed by atoms with Gasteiger partial charge in [0.1, 0.15) is 0 Å². The van der Waals surface area contributed by atoms with Crippen molar-refractivity contribution in [2.75, 3.05) is 20.3 Å². The molecule has 15 heavy (non-hydrogen) atoms. The lowest BCUT2D eigenvalue weighted by Gasteiger charge is -2.33. The summed E-state index contributed by atoms with van der Waals surface area (Å²) in [4.78, 5) is 0. The summed E-state index contributed by atoms with van der Waals surface area (Å²) >= 11 is 0. The maximum absolute atomic E-state index is 6.05. The predicted octanol–water partition coefficient (Wildman–Crippen LogP) is 1.95. The quantitative estimate of drug-likeness (QED) is 0.689. The number of hydrogen-bond acceptors (Lipinski definition) is 3. The molecule has 3 unspecified atom stereocenters. The van der Waals surface area contributed by atoms with Crippen LogP contribution in [0.1, 0.15) is 39.0 Å². The molecule has 0 aromatic rings. The molecule has 1 rings (SSSR count). The average molecular weight is 215 g/mol. The van der Waals surface area contributed by atoms with E-state index < -0.39 is 0 Å². The molecular formula is C12H25NO2. The highest BCUT2D eigenvalue weighted by Gasteiger charge is 2.27. The first kappa shape index (κ1) is 12.9. The number of rotatable bonds is 6. The Bertz CT molecular complexity index is 164. The van der Waals surface area contributed by atoms with Crippen molar-refractivity contribution in [2.24, 2.45) is 11.7 Å². The van der Waals surface area contributed by atoms with E-state index in [2.05, 4.69) is 6.92 Å². The number of ether oxygens (including phenoxy) is 2. The van der Waals surface area contributed by atoms with Crippen LogP contribution < -0.4 is 5.73 Å². The topological polar surface area (TPSA) is 44.5 Å². The highest BCUT2D eigenvalue weighted by Crippen LogP contribution is 2.27. The molecule has 0 spiro atoms. The third-order valence-electron chi connectivity index (χ3n) is 3.35. The molecule has 0 heterocycles. The van der Waals surface area contributed by atoms with Crippen LogP contribution in [0.15, 0.2) is 0 Å². The molecule has 1 saturated carbocycles. The molecular weight excluding hydrogens is 190 g/mol. The van der Waals surface area contributed by atoms with Crippen LogP contribution in [0, 0.1) is 5.92 Å². The molecule has 90 valence electrons. The van der Waals surface area contributed by atoms with E-state index >= 15 is 0 Å². The minimum Gasteiger partial charge on any atom is -0.385 e. The van der Waals surface area contributed by atoms with Gasteiger partial charge in [0, 0.05) is 26.4 Å². The summed E-state index contributed by atoms with van der Waals surface area (Å²) in [6, 6.07) is 0.246. The molecule has 1 fully saturated rings. The van der Waals surface area contributed by atoms with Crippen molar-refractivity contribution in [3.05, 3.63) is 0 Å². The Morgan fingerprint density at radius 3 is 2.73 bits per heavy atom. The molecule has 0 saturated heterocycles. The largest absolute Gasteiger partial charge is 0.385 e. The molecule has 0 aliphatic heterocycles. The molecule has 0 bridgehead atoms. The molecule has 0 amide bonds. The summed E-state index contributed by atoms with van der Waals surface area (Å²) in [5.74, 6) is 0.817. The maximum Gasteiger partial charge on any atom is 0.0728 e. The zero-order valence-electron chi connectivity index (χ0n) is 10.1. The van der Waals surface area contributed by atoms with Gasteiger partial charge in [0.2, 0.25) is 0 Å². The van der Waals surface area contributed by atoms with Crippen molar-refractivity contribution < 1.29 is 9.47 Å². The first-order valence-electron chi connectivity index (χ1n) is 6.14. The minimum absolute atomic E-state index is 0.246. The Hall–Kier alpha value is -0.120. The Morgan fingerprint density at radius 2 is 2.07 bits per heavy atom. The fraction of sp³-hybridized carbons (Fsp3) is 1.00. The van der Waals surface area contributed by atoms with Gasteiger partial charge < -0.3 is 15.2 Å². The summed E-state index contributed by atoms with van der Waals surface area (Å²) in [5, 5.41) is 0. The van der Waals surface area contributed by atoms with E-state index in [1.54, 1.807) is 7.11 Å². The molecule has 1 aliphatic carbocycles. The zero-order chi connectivity index (χ0) is 11.1. The zero-order valence-corrected chi connectivity index (χ0v) is 10.1. The van der Waals surface area contributed by atoms with E-state index in [9.17, 15) is 0 Å². The maximum atomic E-state index is 6.05. The van der Waals surface area contributed by atoms with Gasteiger partial charge >= 0.3 is 0 Å². The van der Waals surface area contributed by atoms with E-state index in [0.29, 0.717) is 0 Å². The molecule has 3 heteroatoms. The monoisotopic (exact) mass is 215 g/mol. The van der Waals surface area contributed by atoms with Crippen LogP contribution in [0.25, 0.3) is 0 Å². The van der Waals surface area contributed by atoms with E-state index in [1.165, 1.54) is 12.8 Å². The predicted molar refractivity (Wildman–Crippen MR) is 61.8 cm³/mol. The van der Waals surface area contributed by atoms with Gasteiger partial charge in [0.25, 0.3) is 0 Å². The number of hydrogen-bond donors (Lipinski definition) is 1. The molecule has 0 radical (unpaired) electrons. The van der Waals surface area contributed by atoms with Crippen LogP contribution in [0.5, 0.6) is 0 Å². The first-order valence-corrected chi connectivity index (χ1v) is 6.14. The van der Waals surface area contributed by atoms with Crippen LogP contribution in [0.3, 0.4) is 0 Å². The summed E-state index contributed by atoms with van der Waals surface area (Å²) in [6.45, 7) is 3.81. The van der Waals surface area contributed by atoms with Crippen molar-refractivity contribution in [2.45, 2.75) is 51.2 Å². The van der Waals surface area contributed by atoms with Crippen LogP contribution in [0.4, 0.5) is 0 Å². The van der Waals surface area contributed by atoms with Gasteiger partial charge in [-0.25, -0.2) is 0 Å². The molecule has 3 atom stereocenters. The summed E-state index contributed by atoms with van der Waals surface area (Å²) in [5.41, 5.74) is 6.05. The van der Waals surface area contributed by atoms with Gasteiger partial charge in [0.15, 0.2) is 0 Å². The smallest absolute Gasteiger partial charge is 0.0728 e. The summed E-state index contributed by atoms with van der Waals surface area (Å²) in [6.07, 6.45) is 6.04. The Morgan fingerprint density at radius 1 is 1.27 bits per heavy atom. The first-order chi connectivity index (χ1) is 7.27. The fourth-order valence-electron chi connectivity index (χ4n) is 2.24. The molecule has 1 aliphatic rings. The van der Waals surface area contributed by atoms with Crippen LogP contribution in [0.2, 0.25) is 0 Å². The lowest BCUT2D eigenvalue weighted by atomic mass is 9.83. The van der Waals surface area contributed by atoms with E-state index in [0.717, 1.165) is 38.4 Å². The highest BCUT2D eigenvalue weighted by molar-refractivity contribution is 4.82. The lowest BCUT2D eigenvalue weighted by Crippen LogP contribution is -2.42. The lowest BCUT2D eigenvalue weighted by molar-refractivity contribution is -0.00792. The van der Waals surface area contributed by atoms with Crippen LogP contribution in [-0.2, 0) is 9.47 Å². The van der Waals surface area contributed by atoms with E-state index in [4.69, 9.17) is 15.2 Å². The van der Waals surface area contributed by atoms with Gasteiger partial charge in [-0.05, 0) is 31.6 Å². The van der Waals surface area contributed by atoms with E-state index in [-0.39, 0.29) is 12.1 Å². The van der Waals surface area contributed by atoms with Gasteiger partial charge in [-0.1, -0.05) is 13.3 Å². The second kappa shape index (κ2) is 7.20. The van der Waals surface area contributed by atoms with Gasteiger partial charge in [-0.2, -0.15) is 0 Å². The van der Waals surface area contributed by atoms with Crippen molar-refractivity contribution in [1.29, 1.82) is 0 Å². The second-order valence-electron chi connectivity index (χ2n) is 4.51. The standard InChI is InChI=1S/C12H25NO2/c1-3-10-5-6-11(13)12(9-10)15-8-4-7-14-2/h10-12H,3-9,13H2,1-2H3. The Kier molecular flexibility index (Phi) is 6.22. The summed E-state index contributed by atoms with van der Waals surface area (Å²) in [7, 11) is 1.72. The number of methoxy groups -OCH3 is 1. The number of nitrogens with two attached hydrogens (primary N) is 1. The third kappa shape index (κ3) is 4.49. The van der Waals surface area contributed by atoms with Gasteiger partial charge in [-0.15, -0.1) is 0 Å². The SMILES string of the molecule is CCC1CCC(N)C(OCCCOC)C1. The average Bonchev–Trinajstić information content (AvgIpc) is 2.26. The van der Waals surface area contributed by atoms with E-state index in [1.807, 2.05) is 0 Å². The van der Waals surface area contributed by atoms with Crippen molar-refractivity contribution in [1.82, 2.24) is 0 Å².